The summed E-state index contributed by atoms with van der Waals surface area (Å²) in [5, 5.41) is 8.34. The Morgan fingerprint density at radius 3 is 2.30 bits per heavy atom. The highest BCUT2D eigenvalue weighted by Crippen LogP contribution is 2.27. The van der Waals surface area contributed by atoms with Crippen LogP contribution in [0.4, 0.5) is 13.2 Å². The Bertz CT molecular complexity index is 1130. The molecule has 0 N–H and O–H groups in total. The number of halogens is 3. The highest BCUT2D eigenvalue weighted by molar-refractivity contribution is 5.65. The standard InChI is InChI=1S/C22H18F3N3O2/c1-15(16-5-3-2-4-6-16)29-14-21-27-26-20-12-9-18(13-28(20)21)17-7-10-19(11-8-17)30-22(23,24)25/h2-13,15H,14H2,1H3. The maximum Gasteiger partial charge on any atom is 0.573 e. The zero-order chi connectivity index (χ0) is 21.1. The van der Waals surface area contributed by atoms with Gasteiger partial charge in [-0.05, 0) is 47.9 Å². The van der Waals surface area contributed by atoms with Crippen LogP contribution in [-0.2, 0) is 11.3 Å². The lowest BCUT2D eigenvalue weighted by Crippen LogP contribution is -2.16. The first kappa shape index (κ1) is 19.9. The van der Waals surface area contributed by atoms with Crippen molar-refractivity contribution in [2.45, 2.75) is 26.0 Å². The van der Waals surface area contributed by atoms with Crippen LogP contribution in [0.25, 0.3) is 16.8 Å². The number of nitrogens with zero attached hydrogens (tertiary/aromatic N) is 3. The van der Waals surface area contributed by atoms with Crippen LogP contribution in [0.1, 0.15) is 24.4 Å². The first-order chi connectivity index (χ1) is 14.4. The van der Waals surface area contributed by atoms with Crippen molar-refractivity contribution in [2.24, 2.45) is 0 Å². The van der Waals surface area contributed by atoms with E-state index in [2.05, 4.69) is 14.9 Å². The van der Waals surface area contributed by atoms with Gasteiger partial charge in [-0.2, -0.15) is 0 Å². The molecule has 0 amide bonds. The lowest BCUT2D eigenvalue weighted by Gasteiger charge is -2.13. The number of hydrogen-bond donors (Lipinski definition) is 0. The average molecular weight is 413 g/mol. The molecule has 0 aliphatic rings. The predicted octanol–water partition coefficient (Wildman–Crippen LogP) is 5.57. The van der Waals surface area contributed by atoms with Gasteiger partial charge in [-0.25, -0.2) is 0 Å². The summed E-state index contributed by atoms with van der Waals surface area (Å²) in [7, 11) is 0. The molecule has 1 unspecified atom stereocenters. The Labute approximate surface area is 170 Å². The molecule has 4 rings (SSSR count). The lowest BCUT2D eigenvalue weighted by molar-refractivity contribution is -0.274. The molecule has 4 aromatic rings. The van der Waals surface area contributed by atoms with E-state index in [1.807, 2.05) is 53.9 Å². The molecule has 0 aliphatic carbocycles. The number of ether oxygens (including phenoxy) is 2. The summed E-state index contributed by atoms with van der Waals surface area (Å²) in [6, 6.07) is 19.2. The van der Waals surface area contributed by atoms with E-state index in [-0.39, 0.29) is 18.5 Å². The van der Waals surface area contributed by atoms with Gasteiger partial charge in [0.05, 0.1) is 6.10 Å². The van der Waals surface area contributed by atoms with Crippen LogP contribution in [0, 0.1) is 0 Å². The van der Waals surface area contributed by atoms with Crippen molar-refractivity contribution in [1.29, 1.82) is 0 Å². The molecule has 0 aliphatic heterocycles. The van der Waals surface area contributed by atoms with Crippen molar-refractivity contribution in [3.8, 4) is 16.9 Å². The Morgan fingerprint density at radius 2 is 1.60 bits per heavy atom. The molecule has 2 heterocycles. The number of aromatic nitrogens is 3. The summed E-state index contributed by atoms with van der Waals surface area (Å²) in [5.74, 6) is 0.368. The number of rotatable bonds is 6. The normalized spacial score (nSPS) is 12.8. The molecule has 0 bridgehead atoms. The van der Waals surface area contributed by atoms with Gasteiger partial charge in [0, 0.05) is 6.20 Å². The summed E-state index contributed by atoms with van der Waals surface area (Å²) < 4.78 is 48.7. The highest BCUT2D eigenvalue weighted by atomic mass is 19.4. The SMILES string of the molecule is CC(OCc1nnc2ccc(-c3ccc(OC(F)(F)F)cc3)cn12)c1ccccc1. The monoisotopic (exact) mass is 413 g/mol. The van der Waals surface area contributed by atoms with Gasteiger partial charge in [0.15, 0.2) is 11.5 Å². The van der Waals surface area contributed by atoms with Crippen molar-refractivity contribution in [2.75, 3.05) is 0 Å². The summed E-state index contributed by atoms with van der Waals surface area (Å²) in [5.41, 5.74) is 3.26. The molecule has 2 aromatic heterocycles. The van der Waals surface area contributed by atoms with Crippen LogP contribution in [0.5, 0.6) is 5.75 Å². The van der Waals surface area contributed by atoms with Gasteiger partial charge < -0.3 is 9.47 Å². The van der Waals surface area contributed by atoms with E-state index in [4.69, 9.17) is 4.74 Å². The van der Waals surface area contributed by atoms with Crippen LogP contribution >= 0.6 is 0 Å². The second-order valence-electron chi connectivity index (χ2n) is 6.70. The number of hydrogen-bond acceptors (Lipinski definition) is 4. The Morgan fingerprint density at radius 1 is 0.900 bits per heavy atom. The predicted molar refractivity (Wildman–Crippen MR) is 105 cm³/mol. The summed E-state index contributed by atoms with van der Waals surface area (Å²) >= 11 is 0. The summed E-state index contributed by atoms with van der Waals surface area (Å²) in [4.78, 5) is 0. The zero-order valence-electron chi connectivity index (χ0n) is 16.0. The minimum absolute atomic E-state index is 0.108. The Balaban J connectivity index is 1.53. The molecule has 1 atom stereocenters. The molecular formula is C22H18F3N3O2. The molecule has 0 saturated carbocycles. The van der Waals surface area contributed by atoms with Gasteiger partial charge in [0.1, 0.15) is 12.4 Å². The third-order valence-corrected chi connectivity index (χ3v) is 4.63. The quantitative estimate of drug-likeness (QED) is 0.415. The molecule has 0 radical (unpaired) electrons. The van der Waals surface area contributed by atoms with E-state index in [1.54, 1.807) is 18.2 Å². The van der Waals surface area contributed by atoms with Crippen molar-refractivity contribution < 1.29 is 22.6 Å². The van der Waals surface area contributed by atoms with Crippen molar-refractivity contribution in [1.82, 2.24) is 14.6 Å². The van der Waals surface area contributed by atoms with Crippen molar-refractivity contribution in [3.63, 3.8) is 0 Å². The molecule has 8 heteroatoms. The molecule has 154 valence electrons. The molecule has 0 saturated heterocycles. The number of alkyl halides is 3. The van der Waals surface area contributed by atoms with E-state index in [9.17, 15) is 13.2 Å². The van der Waals surface area contributed by atoms with E-state index >= 15 is 0 Å². The minimum Gasteiger partial charge on any atom is -0.406 e. The van der Waals surface area contributed by atoms with Gasteiger partial charge in [0.25, 0.3) is 0 Å². The largest absolute Gasteiger partial charge is 0.573 e. The fourth-order valence-electron chi connectivity index (χ4n) is 3.08. The third-order valence-electron chi connectivity index (χ3n) is 4.63. The number of benzene rings is 2. The Kier molecular flexibility index (Phi) is 5.41. The van der Waals surface area contributed by atoms with Gasteiger partial charge in [0.2, 0.25) is 0 Å². The number of pyridine rings is 1. The summed E-state index contributed by atoms with van der Waals surface area (Å²) in [6.07, 6.45) is -2.99. The van der Waals surface area contributed by atoms with Crippen molar-refractivity contribution >= 4 is 5.65 Å². The van der Waals surface area contributed by atoms with E-state index in [1.165, 1.54) is 12.1 Å². The van der Waals surface area contributed by atoms with Crippen LogP contribution in [0.3, 0.4) is 0 Å². The van der Waals surface area contributed by atoms with E-state index in [0.717, 1.165) is 16.7 Å². The molecule has 0 spiro atoms. The second kappa shape index (κ2) is 8.16. The van der Waals surface area contributed by atoms with Crippen molar-refractivity contribution in [3.05, 3.63) is 84.3 Å². The van der Waals surface area contributed by atoms with Crippen LogP contribution in [-0.4, -0.2) is 21.0 Å². The van der Waals surface area contributed by atoms with Gasteiger partial charge in [-0.1, -0.05) is 42.5 Å². The molecule has 5 nitrogen and oxygen atoms in total. The van der Waals surface area contributed by atoms with E-state index in [0.29, 0.717) is 11.5 Å². The smallest absolute Gasteiger partial charge is 0.406 e. The molecule has 30 heavy (non-hydrogen) atoms. The van der Waals surface area contributed by atoms with Crippen LogP contribution < -0.4 is 4.74 Å². The van der Waals surface area contributed by atoms with Crippen LogP contribution in [0.2, 0.25) is 0 Å². The average Bonchev–Trinajstić information content (AvgIpc) is 3.14. The van der Waals surface area contributed by atoms with Gasteiger partial charge in [-0.3, -0.25) is 4.40 Å². The van der Waals surface area contributed by atoms with Gasteiger partial charge >= 0.3 is 6.36 Å². The molecule has 2 aromatic carbocycles. The first-order valence-corrected chi connectivity index (χ1v) is 9.25. The molecular weight excluding hydrogens is 395 g/mol. The third kappa shape index (κ3) is 4.60. The molecule has 0 fully saturated rings. The van der Waals surface area contributed by atoms with Crippen LogP contribution in [0.15, 0.2) is 72.9 Å². The second-order valence-corrected chi connectivity index (χ2v) is 6.70. The topological polar surface area (TPSA) is 48.7 Å². The maximum atomic E-state index is 12.3. The lowest BCUT2D eigenvalue weighted by atomic mass is 10.1. The fourth-order valence-corrected chi connectivity index (χ4v) is 3.08. The zero-order valence-corrected chi connectivity index (χ0v) is 16.0. The van der Waals surface area contributed by atoms with Gasteiger partial charge in [-0.15, -0.1) is 23.4 Å². The van der Waals surface area contributed by atoms with E-state index < -0.39 is 6.36 Å². The minimum atomic E-state index is -4.71. The maximum absolute atomic E-state index is 12.3. The Hall–Kier alpha value is -3.39. The first-order valence-electron chi connectivity index (χ1n) is 9.25. The number of fused-ring (bicyclic) bond motifs is 1. The highest BCUT2D eigenvalue weighted by Gasteiger charge is 2.30. The summed E-state index contributed by atoms with van der Waals surface area (Å²) in [6.45, 7) is 2.23. The fraction of sp³-hybridized carbons (Fsp3) is 0.182.